The Labute approximate surface area is 173 Å². The van der Waals surface area contributed by atoms with E-state index < -0.39 is 35.1 Å². The molecule has 29 heavy (non-hydrogen) atoms. The molecule has 0 aliphatic heterocycles. The van der Waals surface area contributed by atoms with Gasteiger partial charge in [0.1, 0.15) is 23.2 Å². The highest BCUT2D eigenvalue weighted by atomic mass is 32.1. The van der Waals surface area contributed by atoms with Gasteiger partial charge in [0.05, 0.1) is 0 Å². The van der Waals surface area contributed by atoms with Gasteiger partial charge >= 0.3 is 0 Å². The maximum Gasteiger partial charge on any atom is 0.261 e. The van der Waals surface area contributed by atoms with Gasteiger partial charge in [0.25, 0.3) is 11.8 Å². The quantitative estimate of drug-likeness (QED) is 0.426. The molecule has 9 heteroatoms. The number of amides is 2. The van der Waals surface area contributed by atoms with Crippen molar-refractivity contribution in [3.8, 4) is 0 Å². The highest BCUT2D eigenvalue weighted by molar-refractivity contribution is 7.80. The van der Waals surface area contributed by atoms with Crippen LogP contribution >= 0.6 is 12.2 Å². The molecule has 0 aliphatic carbocycles. The summed E-state index contributed by atoms with van der Waals surface area (Å²) in [4.78, 5) is 24.7. The minimum Gasteiger partial charge on any atom is -0.357 e. The average molecular weight is 420 g/mol. The molecule has 154 valence electrons. The lowest BCUT2D eigenvalue weighted by Gasteiger charge is -2.22. The number of carbonyl (C=O) groups is 2. The number of benzene rings is 2. The fourth-order valence-electron chi connectivity index (χ4n) is 2.48. The summed E-state index contributed by atoms with van der Waals surface area (Å²) in [6.45, 7) is 3.84. The van der Waals surface area contributed by atoms with E-state index in [9.17, 15) is 18.4 Å². The second-order valence-corrected chi connectivity index (χ2v) is 6.98. The van der Waals surface area contributed by atoms with E-state index >= 15 is 0 Å². The van der Waals surface area contributed by atoms with Crippen LogP contribution in [0.1, 0.15) is 29.8 Å². The lowest BCUT2D eigenvalue weighted by Crippen LogP contribution is -2.55. The second-order valence-electron chi connectivity index (χ2n) is 6.57. The first-order valence-corrected chi connectivity index (χ1v) is 9.33. The van der Waals surface area contributed by atoms with Crippen LogP contribution in [0.2, 0.25) is 0 Å². The van der Waals surface area contributed by atoms with Crippen molar-refractivity contribution >= 4 is 29.1 Å². The summed E-state index contributed by atoms with van der Waals surface area (Å²) < 4.78 is 27.6. The second kappa shape index (κ2) is 10.5. The van der Waals surface area contributed by atoms with E-state index in [0.29, 0.717) is 6.54 Å². The lowest BCUT2D eigenvalue weighted by molar-refractivity contribution is -0.124. The maximum atomic E-state index is 13.8. The summed E-state index contributed by atoms with van der Waals surface area (Å²) in [5.74, 6) is -3.97. The summed E-state index contributed by atoms with van der Waals surface area (Å²) in [6.07, 6.45) is 0. The molecule has 2 amide bonds. The van der Waals surface area contributed by atoms with E-state index in [0.717, 1.165) is 23.8 Å². The number of hydrogen-bond acceptors (Lipinski definition) is 3. The minimum atomic E-state index is -1.04. The summed E-state index contributed by atoms with van der Waals surface area (Å²) in [5.41, 5.74) is 5.20. The fraction of sp³-hybridized carbons (Fsp3) is 0.250. The summed E-state index contributed by atoms with van der Waals surface area (Å²) in [6, 6.07) is 11.6. The maximum absolute atomic E-state index is 13.8. The predicted molar refractivity (Wildman–Crippen MR) is 110 cm³/mol. The molecule has 0 saturated heterocycles. The molecule has 0 fully saturated rings. The molecule has 0 heterocycles. The molecule has 0 bridgehead atoms. The third-order valence-electron chi connectivity index (χ3n) is 4.02. The number of halogens is 2. The smallest absolute Gasteiger partial charge is 0.261 e. The Kier molecular flexibility index (Phi) is 8.02. The SMILES string of the molecule is CC(C)[C@H](NC(=O)c1c(F)cccc1F)C(=O)NNC(=S)NCc1ccccc1. The Morgan fingerprint density at radius 1 is 0.966 bits per heavy atom. The lowest BCUT2D eigenvalue weighted by atomic mass is 10.0. The van der Waals surface area contributed by atoms with Crippen molar-refractivity contribution in [3.63, 3.8) is 0 Å². The third kappa shape index (κ3) is 6.49. The third-order valence-corrected chi connectivity index (χ3v) is 4.27. The van der Waals surface area contributed by atoms with Gasteiger partial charge in [-0.3, -0.25) is 20.4 Å². The van der Waals surface area contributed by atoms with Crippen molar-refractivity contribution in [2.45, 2.75) is 26.4 Å². The number of carbonyl (C=O) groups excluding carboxylic acids is 2. The van der Waals surface area contributed by atoms with Gasteiger partial charge in [-0.25, -0.2) is 8.78 Å². The number of hydrogen-bond donors (Lipinski definition) is 4. The standard InChI is InChI=1S/C20H22F2N4O2S/c1-12(2)17(24-18(27)16-14(21)9-6-10-15(16)22)19(28)25-26-20(29)23-11-13-7-4-3-5-8-13/h3-10,12,17H,11H2,1-2H3,(H,24,27)(H,25,28)(H2,23,26,29)/t17-/m0/s1. The van der Waals surface area contributed by atoms with Crippen LogP contribution in [0.15, 0.2) is 48.5 Å². The molecule has 2 rings (SSSR count). The summed E-state index contributed by atoms with van der Waals surface area (Å²) in [7, 11) is 0. The van der Waals surface area contributed by atoms with Crippen LogP contribution in [-0.4, -0.2) is 23.0 Å². The molecule has 0 radical (unpaired) electrons. The Bertz CT molecular complexity index is 858. The average Bonchev–Trinajstić information content (AvgIpc) is 2.69. The van der Waals surface area contributed by atoms with Crippen molar-refractivity contribution in [3.05, 3.63) is 71.3 Å². The topological polar surface area (TPSA) is 82.3 Å². The molecule has 6 nitrogen and oxygen atoms in total. The fourth-order valence-corrected chi connectivity index (χ4v) is 2.60. The van der Waals surface area contributed by atoms with Gasteiger partial charge in [0.15, 0.2) is 5.11 Å². The molecule has 0 aliphatic rings. The molecule has 2 aromatic rings. The van der Waals surface area contributed by atoms with Crippen molar-refractivity contribution < 1.29 is 18.4 Å². The van der Waals surface area contributed by atoms with Crippen LogP contribution in [0, 0.1) is 17.6 Å². The summed E-state index contributed by atoms with van der Waals surface area (Å²) >= 11 is 5.10. The molecule has 0 saturated carbocycles. The highest BCUT2D eigenvalue weighted by Crippen LogP contribution is 2.13. The first-order chi connectivity index (χ1) is 13.8. The molecule has 0 spiro atoms. The molecular weight excluding hydrogens is 398 g/mol. The van der Waals surface area contributed by atoms with E-state index in [1.807, 2.05) is 30.3 Å². The monoisotopic (exact) mass is 420 g/mol. The first-order valence-electron chi connectivity index (χ1n) is 8.92. The Balaban J connectivity index is 1.92. The number of hydrazine groups is 1. The normalized spacial score (nSPS) is 11.5. The molecule has 2 aromatic carbocycles. The van der Waals surface area contributed by atoms with Crippen LogP contribution < -0.4 is 21.5 Å². The van der Waals surface area contributed by atoms with Gasteiger partial charge in [-0.1, -0.05) is 50.2 Å². The highest BCUT2D eigenvalue weighted by Gasteiger charge is 2.27. The van der Waals surface area contributed by atoms with Crippen molar-refractivity contribution in [2.24, 2.45) is 5.92 Å². The molecular formula is C20H22F2N4O2S. The van der Waals surface area contributed by atoms with E-state index in [4.69, 9.17) is 12.2 Å². The Morgan fingerprint density at radius 3 is 2.17 bits per heavy atom. The Hall–Kier alpha value is -3.07. The number of thiocarbonyl (C=S) groups is 1. The van der Waals surface area contributed by atoms with Gasteiger partial charge in [-0.2, -0.15) is 0 Å². The zero-order valence-electron chi connectivity index (χ0n) is 16.0. The van der Waals surface area contributed by atoms with Crippen LogP contribution in [0.3, 0.4) is 0 Å². The van der Waals surface area contributed by atoms with Gasteiger partial charge in [0, 0.05) is 6.54 Å². The summed E-state index contributed by atoms with van der Waals surface area (Å²) in [5, 5.41) is 5.46. The first kappa shape index (κ1) is 22.2. The van der Waals surface area contributed by atoms with E-state index in [-0.39, 0.29) is 11.0 Å². The Morgan fingerprint density at radius 2 is 1.59 bits per heavy atom. The largest absolute Gasteiger partial charge is 0.357 e. The minimum absolute atomic E-state index is 0.177. The van der Waals surface area contributed by atoms with Gasteiger partial charge in [0.2, 0.25) is 0 Å². The van der Waals surface area contributed by atoms with Crippen molar-refractivity contribution in [2.75, 3.05) is 0 Å². The zero-order valence-corrected chi connectivity index (χ0v) is 16.8. The van der Waals surface area contributed by atoms with Crippen LogP contribution in [-0.2, 0) is 11.3 Å². The van der Waals surface area contributed by atoms with E-state index in [1.54, 1.807) is 13.8 Å². The molecule has 0 unspecified atom stereocenters. The predicted octanol–water partition coefficient (Wildman–Crippen LogP) is 2.41. The van der Waals surface area contributed by atoms with Gasteiger partial charge < -0.3 is 10.6 Å². The van der Waals surface area contributed by atoms with E-state index in [1.165, 1.54) is 0 Å². The van der Waals surface area contributed by atoms with Crippen LogP contribution in [0.25, 0.3) is 0 Å². The van der Waals surface area contributed by atoms with E-state index in [2.05, 4.69) is 21.5 Å². The van der Waals surface area contributed by atoms with Crippen LogP contribution in [0.5, 0.6) is 0 Å². The van der Waals surface area contributed by atoms with Crippen molar-refractivity contribution in [1.82, 2.24) is 21.5 Å². The molecule has 0 aromatic heterocycles. The number of rotatable bonds is 6. The molecule has 1 atom stereocenters. The van der Waals surface area contributed by atoms with Crippen LogP contribution in [0.4, 0.5) is 8.78 Å². The van der Waals surface area contributed by atoms with Crippen molar-refractivity contribution in [1.29, 1.82) is 0 Å². The molecule has 4 N–H and O–H groups in total. The van der Waals surface area contributed by atoms with Gasteiger partial charge in [-0.15, -0.1) is 0 Å². The van der Waals surface area contributed by atoms with Gasteiger partial charge in [-0.05, 0) is 35.8 Å². The number of nitrogens with one attached hydrogen (secondary N) is 4. The zero-order chi connectivity index (χ0) is 21.4.